The van der Waals surface area contributed by atoms with Crippen molar-refractivity contribution in [1.82, 2.24) is 5.43 Å². The molecule has 1 aromatic rings. The van der Waals surface area contributed by atoms with E-state index in [-0.39, 0.29) is 6.04 Å². The van der Waals surface area contributed by atoms with Gasteiger partial charge in [0, 0.05) is 6.42 Å². The molecule has 0 aliphatic carbocycles. The fourth-order valence-corrected chi connectivity index (χ4v) is 3.94. The van der Waals surface area contributed by atoms with Crippen LogP contribution in [0.4, 0.5) is 0 Å². The van der Waals surface area contributed by atoms with Crippen LogP contribution in [0.3, 0.4) is 0 Å². The van der Waals surface area contributed by atoms with Crippen molar-refractivity contribution < 1.29 is 0 Å². The highest BCUT2D eigenvalue weighted by molar-refractivity contribution is 9.12. The summed E-state index contributed by atoms with van der Waals surface area (Å²) in [5, 5.41) is 0. The number of terminal acetylenes is 1. The summed E-state index contributed by atoms with van der Waals surface area (Å²) >= 11 is 8.46. The van der Waals surface area contributed by atoms with Crippen LogP contribution in [0.15, 0.2) is 13.6 Å². The Kier molecular flexibility index (Phi) is 4.42. The van der Waals surface area contributed by atoms with Crippen LogP contribution in [0.25, 0.3) is 0 Å². The molecular weight excluding hydrogens is 316 g/mol. The quantitative estimate of drug-likeness (QED) is 0.510. The number of hydrazine groups is 1. The Balaban J connectivity index is 2.91. The summed E-state index contributed by atoms with van der Waals surface area (Å²) in [6, 6.07) is 2.03. The SMILES string of the molecule is C#CCC(NN)c1cc(Br)sc1Br. The molecule has 3 N–H and O–H groups in total. The Morgan fingerprint density at radius 2 is 2.38 bits per heavy atom. The van der Waals surface area contributed by atoms with Gasteiger partial charge in [0.2, 0.25) is 0 Å². The van der Waals surface area contributed by atoms with E-state index >= 15 is 0 Å². The maximum Gasteiger partial charge on any atom is 0.0759 e. The molecule has 5 heteroatoms. The van der Waals surface area contributed by atoms with Crippen LogP contribution in [0.1, 0.15) is 18.0 Å². The zero-order valence-electron chi connectivity index (χ0n) is 6.68. The van der Waals surface area contributed by atoms with Crippen LogP contribution in [-0.2, 0) is 0 Å². The van der Waals surface area contributed by atoms with Gasteiger partial charge in [0.15, 0.2) is 0 Å². The van der Waals surface area contributed by atoms with Crippen LogP contribution in [0, 0.1) is 12.3 Å². The molecule has 2 nitrogen and oxygen atoms in total. The van der Waals surface area contributed by atoms with E-state index in [1.54, 1.807) is 11.3 Å². The Morgan fingerprint density at radius 3 is 2.77 bits per heavy atom. The lowest BCUT2D eigenvalue weighted by molar-refractivity contribution is 0.568. The van der Waals surface area contributed by atoms with Crippen molar-refractivity contribution >= 4 is 43.2 Å². The van der Waals surface area contributed by atoms with E-state index in [9.17, 15) is 0 Å². The van der Waals surface area contributed by atoms with E-state index in [0.717, 1.165) is 13.1 Å². The van der Waals surface area contributed by atoms with Gasteiger partial charge in [-0.25, -0.2) is 0 Å². The molecule has 0 saturated heterocycles. The molecule has 0 radical (unpaired) electrons. The van der Waals surface area contributed by atoms with Crippen LogP contribution >= 0.6 is 43.2 Å². The van der Waals surface area contributed by atoms with E-state index < -0.39 is 0 Å². The molecule has 0 saturated carbocycles. The molecular formula is C8H8Br2N2S. The minimum absolute atomic E-state index is 0.0157. The minimum atomic E-state index is 0.0157. The van der Waals surface area contributed by atoms with Crippen molar-refractivity contribution in [3.63, 3.8) is 0 Å². The van der Waals surface area contributed by atoms with Crippen molar-refractivity contribution in [2.24, 2.45) is 5.84 Å². The summed E-state index contributed by atoms with van der Waals surface area (Å²) in [4.78, 5) is 0. The molecule has 0 aliphatic rings. The molecule has 0 bridgehead atoms. The summed E-state index contributed by atoms with van der Waals surface area (Å²) in [5.74, 6) is 7.97. The first-order valence-electron chi connectivity index (χ1n) is 3.53. The van der Waals surface area contributed by atoms with Gasteiger partial charge in [0.25, 0.3) is 0 Å². The van der Waals surface area contributed by atoms with Crippen molar-refractivity contribution in [2.45, 2.75) is 12.5 Å². The molecule has 70 valence electrons. The standard InChI is InChI=1S/C8H8Br2N2S/c1-2-3-6(12-11)5-4-7(9)13-8(5)10/h1,4,6,12H,3,11H2. The number of rotatable bonds is 3. The molecule has 13 heavy (non-hydrogen) atoms. The van der Waals surface area contributed by atoms with E-state index in [0.29, 0.717) is 6.42 Å². The number of thiophene rings is 1. The van der Waals surface area contributed by atoms with Crippen LogP contribution < -0.4 is 11.3 Å². The smallest absolute Gasteiger partial charge is 0.0759 e. The van der Waals surface area contributed by atoms with Gasteiger partial charge < -0.3 is 0 Å². The lowest BCUT2D eigenvalue weighted by Crippen LogP contribution is -2.27. The Morgan fingerprint density at radius 1 is 1.69 bits per heavy atom. The molecule has 0 aromatic carbocycles. The highest BCUT2D eigenvalue weighted by atomic mass is 79.9. The zero-order valence-corrected chi connectivity index (χ0v) is 10.7. The average Bonchev–Trinajstić information content (AvgIpc) is 2.41. The van der Waals surface area contributed by atoms with Crippen molar-refractivity contribution in [3.8, 4) is 12.3 Å². The first-order valence-corrected chi connectivity index (χ1v) is 5.93. The molecule has 0 amide bonds. The van der Waals surface area contributed by atoms with E-state index in [1.165, 1.54) is 0 Å². The highest BCUT2D eigenvalue weighted by Gasteiger charge is 2.14. The minimum Gasteiger partial charge on any atom is -0.271 e. The van der Waals surface area contributed by atoms with Gasteiger partial charge in [-0.3, -0.25) is 11.3 Å². The second kappa shape index (κ2) is 5.13. The van der Waals surface area contributed by atoms with Crippen molar-refractivity contribution in [1.29, 1.82) is 0 Å². The van der Waals surface area contributed by atoms with E-state index in [4.69, 9.17) is 12.3 Å². The molecule has 1 atom stereocenters. The van der Waals surface area contributed by atoms with Gasteiger partial charge in [0.1, 0.15) is 0 Å². The Bertz CT molecular complexity index is 329. The third kappa shape index (κ3) is 2.79. The number of nitrogens with two attached hydrogens (primary N) is 1. The summed E-state index contributed by atoms with van der Waals surface area (Å²) in [6.07, 6.45) is 5.81. The zero-order chi connectivity index (χ0) is 9.84. The number of nitrogens with one attached hydrogen (secondary N) is 1. The maximum absolute atomic E-state index is 5.39. The molecule has 1 unspecified atom stereocenters. The summed E-state index contributed by atoms with van der Waals surface area (Å²) in [5.41, 5.74) is 3.78. The van der Waals surface area contributed by atoms with E-state index in [2.05, 4.69) is 43.2 Å². The fourth-order valence-electron chi connectivity index (χ4n) is 0.967. The normalized spacial score (nSPS) is 12.5. The summed E-state index contributed by atoms with van der Waals surface area (Å²) in [7, 11) is 0. The fraction of sp³-hybridized carbons (Fsp3) is 0.250. The van der Waals surface area contributed by atoms with Crippen molar-refractivity contribution in [3.05, 3.63) is 19.2 Å². The number of halogens is 2. The number of hydrogen-bond donors (Lipinski definition) is 2. The van der Waals surface area contributed by atoms with Gasteiger partial charge in [0.05, 0.1) is 13.6 Å². The van der Waals surface area contributed by atoms with Crippen molar-refractivity contribution in [2.75, 3.05) is 0 Å². The lowest BCUT2D eigenvalue weighted by Gasteiger charge is -2.11. The first kappa shape index (κ1) is 11.2. The third-order valence-corrected chi connectivity index (χ3v) is 3.97. The molecule has 0 fully saturated rings. The van der Waals surface area contributed by atoms with Gasteiger partial charge in [-0.2, -0.15) is 0 Å². The highest BCUT2D eigenvalue weighted by Crippen LogP contribution is 2.36. The summed E-state index contributed by atoms with van der Waals surface area (Å²) < 4.78 is 2.12. The predicted molar refractivity (Wildman–Crippen MR) is 63.2 cm³/mol. The van der Waals surface area contributed by atoms with Gasteiger partial charge in [-0.1, -0.05) is 0 Å². The van der Waals surface area contributed by atoms with Crippen LogP contribution in [0.2, 0.25) is 0 Å². The monoisotopic (exact) mass is 322 g/mol. The second-order valence-corrected chi connectivity index (χ2v) is 6.16. The third-order valence-electron chi connectivity index (χ3n) is 1.58. The lowest BCUT2D eigenvalue weighted by atomic mass is 10.1. The van der Waals surface area contributed by atoms with E-state index in [1.807, 2.05) is 6.07 Å². The largest absolute Gasteiger partial charge is 0.271 e. The maximum atomic E-state index is 5.39. The molecule has 1 heterocycles. The second-order valence-electron chi connectivity index (χ2n) is 2.41. The summed E-state index contributed by atoms with van der Waals surface area (Å²) in [6.45, 7) is 0. The van der Waals surface area contributed by atoms with Crippen LogP contribution in [0.5, 0.6) is 0 Å². The van der Waals surface area contributed by atoms with Crippen LogP contribution in [-0.4, -0.2) is 0 Å². The van der Waals surface area contributed by atoms with Gasteiger partial charge >= 0.3 is 0 Å². The molecule has 1 rings (SSSR count). The van der Waals surface area contributed by atoms with Gasteiger partial charge in [-0.15, -0.1) is 23.7 Å². The van der Waals surface area contributed by atoms with Gasteiger partial charge in [-0.05, 0) is 43.5 Å². The molecule has 1 aromatic heterocycles. The molecule has 0 aliphatic heterocycles. The number of hydrogen-bond acceptors (Lipinski definition) is 3. The predicted octanol–water partition coefficient (Wildman–Crippen LogP) is 2.80. The topological polar surface area (TPSA) is 38.0 Å². The Labute approximate surface area is 98.1 Å². The first-order chi connectivity index (χ1) is 6.19. The Hall–Kier alpha value is 0.140. The molecule has 0 spiro atoms. The average molecular weight is 324 g/mol.